The van der Waals surface area contributed by atoms with Crippen LogP contribution in [0, 0.1) is 6.92 Å². The first-order valence-corrected chi connectivity index (χ1v) is 6.16. The Hall–Kier alpha value is -0.930. The number of aromatic nitrogens is 1. The third kappa shape index (κ3) is 2.19. The average molecular weight is 280 g/mol. The third-order valence-corrected chi connectivity index (χ3v) is 4.33. The second-order valence-electron chi connectivity index (χ2n) is 3.26. The molecule has 1 nitrogen and oxygen atoms in total. The van der Waals surface area contributed by atoms with Crippen LogP contribution in [0.3, 0.4) is 0 Å². The lowest BCUT2D eigenvalue weighted by molar-refractivity contribution is 1.28. The minimum Gasteiger partial charge on any atom is -0.256 e. The summed E-state index contributed by atoms with van der Waals surface area (Å²) in [6.45, 7) is 6.16. The summed E-state index contributed by atoms with van der Waals surface area (Å²) in [7, 11) is 0. The van der Waals surface area contributed by atoms with Gasteiger partial charge in [0.2, 0.25) is 0 Å². The third-order valence-electron chi connectivity index (χ3n) is 2.13. The van der Waals surface area contributed by atoms with E-state index in [0.717, 1.165) is 19.9 Å². The van der Waals surface area contributed by atoms with Crippen molar-refractivity contribution in [1.29, 1.82) is 0 Å². The van der Waals surface area contributed by atoms with E-state index in [1.807, 2.05) is 18.2 Å². The highest BCUT2D eigenvalue weighted by Crippen LogP contribution is 2.33. The van der Waals surface area contributed by atoms with E-state index >= 15 is 0 Å². The number of pyridine rings is 1. The number of hydrogen-bond acceptors (Lipinski definition) is 2. The van der Waals surface area contributed by atoms with Crippen LogP contribution in [0.2, 0.25) is 0 Å². The van der Waals surface area contributed by atoms with Crippen molar-refractivity contribution in [2.24, 2.45) is 0 Å². The van der Waals surface area contributed by atoms with Crippen molar-refractivity contribution in [3.8, 4) is 0 Å². The molecule has 0 fully saturated rings. The fourth-order valence-electron chi connectivity index (χ4n) is 1.28. The van der Waals surface area contributed by atoms with Crippen LogP contribution in [0.5, 0.6) is 0 Å². The van der Waals surface area contributed by atoms with Crippen LogP contribution in [0.25, 0.3) is 5.57 Å². The van der Waals surface area contributed by atoms with Gasteiger partial charge in [0.05, 0.1) is 9.48 Å². The summed E-state index contributed by atoms with van der Waals surface area (Å²) in [5.74, 6) is 0. The quantitative estimate of drug-likeness (QED) is 0.800. The molecule has 0 saturated heterocycles. The van der Waals surface area contributed by atoms with Gasteiger partial charge in [0.1, 0.15) is 0 Å². The average Bonchev–Trinajstić information content (AvgIpc) is 2.59. The number of halogens is 1. The van der Waals surface area contributed by atoms with E-state index in [2.05, 4.69) is 40.5 Å². The molecule has 2 aromatic rings. The van der Waals surface area contributed by atoms with Crippen molar-refractivity contribution < 1.29 is 0 Å². The van der Waals surface area contributed by atoms with E-state index < -0.39 is 0 Å². The zero-order valence-corrected chi connectivity index (χ0v) is 10.7. The Kier molecular flexibility index (Phi) is 3.03. The van der Waals surface area contributed by atoms with Gasteiger partial charge in [0, 0.05) is 16.6 Å². The molecule has 2 heterocycles. The van der Waals surface area contributed by atoms with Crippen LogP contribution in [0.15, 0.2) is 40.8 Å². The van der Waals surface area contributed by atoms with E-state index in [0.29, 0.717) is 0 Å². The lowest BCUT2D eigenvalue weighted by Crippen LogP contribution is -1.85. The molecule has 2 rings (SSSR count). The first-order valence-electron chi connectivity index (χ1n) is 4.55. The number of hydrogen-bond donors (Lipinski definition) is 0. The number of nitrogens with zero attached hydrogens (tertiary/aromatic N) is 1. The molecule has 2 aromatic heterocycles. The van der Waals surface area contributed by atoms with Gasteiger partial charge in [0.25, 0.3) is 0 Å². The maximum Gasteiger partial charge on any atom is 0.0734 e. The minimum absolute atomic E-state index is 0.936. The van der Waals surface area contributed by atoms with Gasteiger partial charge < -0.3 is 0 Å². The predicted molar refractivity (Wildman–Crippen MR) is 69.1 cm³/mol. The first-order chi connectivity index (χ1) is 7.18. The van der Waals surface area contributed by atoms with Crippen molar-refractivity contribution >= 4 is 32.8 Å². The molecule has 0 unspecified atom stereocenters. The second kappa shape index (κ2) is 4.29. The Morgan fingerprint density at radius 1 is 1.47 bits per heavy atom. The molecule has 3 heteroatoms. The van der Waals surface area contributed by atoms with Crippen molar-refractivity contribution in [2.45, 2.75) is 6.92 Å². The Labute approximate surface area is 102 Å². The minimum atomic E-state index is 0.936. The van der Waals surface area contributed by atoms with Crippen molar-refractivity contribution in [3.05, 3.63) is 57.0 Å². The van der Waals surface area contributed by atoms with E-state index in [1.54, 1.807) is 17.5 Å². The lowest BCUT2D eigenvalue weighted by Gasteiger charge is -2.00. The summed E-state index contributed by atoms with van der Waals surface area (Å²) >= 11 is 5.21. The van der Waals surface area contributed by atoms with Crippen LogP contribution in [-0.4, -0.2) is 4.98 Å². The normalized spacial score (nSPS) is 10.3. The van der Waals surface area contributed by atoms with Gasteiger partial charge in [-0.3, -0.25) is 4.98 Å². The monoisotopic (exact) mass is 279 g/mol. The fourth-order valence-corrected chi connectivity index (χ4v) is 2.79. The Balaban J connectivity index is 2.37. The van der Waals surface area contributed by atoms with E-state index in [1.165, 1.54) is 5.56 Å². The van der Waals surface area contributed by atoms with Crippen molar-refractivity contribution in [1.82, 2.24) is 4.98 Å². The van der Waals surface area contributed by atoms with Gasteiger partial charge in [-0.2, -0.15) is 0 Å². The molecule has 0 aromatic carbocycles. The van der Waals surface area contributed by atoms with Gasteiger partial charge in [-0.05, 0) is 46.6 Å². The first kappa shape index (κ1) is 10.6. The van der Waals surface area contributed by atoms with Crippen molar-refractivity contribution in [3.63, 3.8) is 0 Å². The zero-order valence-electron chi connectivity index (χ0n) is 8.33. The Morgan fingerprint density at radius 3 is 2.80 bits per heavy atom. The molecule has 0 N–H and O–H groups in total. The predicted octanol–water partition coefficient (Wildman–Crippen LogP) is 4.28. The summed E-state index contributed by atoms with van der Waals surface area (Å²) < 4.78 is 1.16. The van der Waals surface area contributed by atoms with Crippen molar-refractivity contribution in [2.75, 3.05) is 0 Å². The number of aryl methyl sites for hydroxylation is 1. The standard InChI is InChI=1S/C12H10BrNS/c1-8-7-11(15-12(8)13)9(2)10-5-3-4-6-14-10/h3-7H,2H2,1H3. The summed E-state index contributed by atoms with van der Waals surface area (Å²) in [6, 6.07) is 7.99. The molecule has 0 bridgehead atoms. The highest BCUT2D eigenvalue weighted by atomic mass is 79.9. The summed E-state index contributed by atoms with van der Waals surface area (Å²) in [5.41, 5.74) is 3.16. The van der Waals surface area contributed by atoms with E-state index in [-0.39, 0.29) is 0 Å². The van der Waals surface area contributed by atoms with E-state index in [9.17, 15) is 0 Å². The molecule has 0 aliphatic heterocycles. The van der Waals surface area contributed by atoms with Crippen LogP contribution in [0.4, 0.5) is 0 Å². The summed E-state index contributed by atoms with van der Waals surface area (Å²) in [5, 5.41) is 0. The maximum absolute atomic E-state index is 4.29. The number of thiophene rings is 1. The molecule has 0 amide bonds. The molecule has 15 heavy (non-hydrogen) atoms. The molecule has 0 aliphatic carbocycles. The molecule has 0 saturated carbocycles. The molecular weight excluding hydrogens is 270 g/mol. The number of rotatable bonds is 2. The van der Waals surface area contributed by atoms with Gasteiger partial charge >= 0.3 is 0 Å². The van der Waals surface area contributed by atoms with Gasteiger partial charge in [0.15, 0.2) is 0 Å². The molecule has 0 radical (unpaired) electrons. The lowest BCUT2D eigenvalue weighted by atomic mass is 10.1. The Morgan fingerprint density at radius 2 is 2.27 bits per heavy atom. The van der Waals surface area contributed by atoms with Crippen LogP contribution in [0.1, 0.15) is 16.1 Å². The van der Waals surface area contributed by atoms with Gasteiger partial charge in [-0.15, -0.1) is 11.3 Å². The Bertz CT molecular complexity index is 468. The molecule has 0 spiro atoms. The van der Waals surface area contributed by atoms with Gasteiger partial charge in [-0.1, -0.05) is 12.6 Å². The smallest absolute Gasteiger partial charge is 0.0734 e. The highest BCUT2D eigenvalue weighted by Gasteiger charge is 2.08. The molecule has 0 aliphatic rings. The summed E-state index contributed by atoms with van der Waals surface area (Å²) in [6.07, 6.45) is 1.79. The summed E-state index contributed by atoms with van der Waals surface area (Å²) in [4.78, 5) is 5.45. The SMILES string of the molecule is C=C(c1ccccn1)c1cc(C)c(Br)s1. The zero-order chi connectivity index (χ0) is 10.8. The molecule has 0 atom stereocenters. The molecular formula is C12H10BrNS. The fraction of sp³-hybridized carbons (Fsp3) is 0.0833. The topological polar surface area (TPSA) is 12.9 Å². The second-order valence-corrected chi connectivity index (χ2v) is 5.63. The largest absolute Gasteiger partial charge is 0.256 e. The van der Waals surface area contributed by atoms with Gasteiger partial charge in [-0.25, -0.2) is 0 Å². The van der Waals surface area contributed by atoms with Crippen LogP contribution >= 0.6 is 27.3 Å². The van der Waals surface area contributed by atoms with Crippen LogP contribution < -0.4 is 0 Å². The molecule has 76 valence electrons. The maximum atomic E-state index is 4.29. The highest BCUT2D eigenvalue weighted by molar-refractivity contribution is 9.11. The van der Waals surface area contributed by atoms with E-state index in [4.69, 9.17) is 0 Å². The van der Waals surface area contributed by atoms with Crippen LogP contribution in [-0.2, 0) is 0 Å².